The van der Waals surface area contributed by atoms with Crippen LogP contribution < -0.4 is 22.3 Å². The van der Waals surface area contributed by atoms with E-state index in [4.69, 9.17) is 22.9 Å². The molecule has 4 unspecified atom stereocenters. The number of amides is 4. The number of carbonyl (C=O) groups is 4. The molecule has 6 aromatic heterocycles. The average molecular weight is 1650 g/mol. The SMILES string of the molecule is C.C.COC([NH-])=O.COC([NH-])=O.COC([NH-])=O.COC([NH-])=O.O=[C-]Pc1ncc(-c2cc3ccc(-c4ccc5cc(-c6ccc7nc(P[C-]=O)[nH]c7c6)ccc5c4)cc3s2)[nH]1.O=[C-]Pc1ncc(-c2ccc3cc(-c4ccc5cc(-c6ccc7nc(P[C-]=O)[nH]c7c6)sc5c4)ccc3c2)[nH]1.[V+2].[V+2].[V+2].[V+2]. The van der Waals surface area contributed by atoms with E-state index < -0.39 is 24.4 Å². The standard InChI is InChI=1S/2C30H18N4O2P2S.4C2H5NO2.2CH4.4V/c35-15-37-29-31-14-26(34-29)28-13-23-6-5-22(12-27(23)39-28)20-4-2-17-9-19(3-1-18(17)10-20)21-7-8-24-25(11-21)33-30(32-24)38-16-36;35-15-37-29-31-14-26(34-29)21-5-3-17-9-18(1-2-19(17)10-21)20-4-6-23-13-28(39-27(23)12-20)22-7-8-24-25(11-22)33-30(32-24)38-16-36;4*1-5-2(3)4;;;;;;/h2*1-14,37-38H,(H,31,34)(H,32,33);4*1H3,(H2,3,4);2*1H4;;;;/q2*-2;;;;;;;4*+2/p-4. The molecule has 4 radical (unpaired) electrons. The summed E-state index contributed by atoms with van der Waals surface area (Å²) in [4.78, 5) is 112. The van der Waals surface area contributed by atoms with Gasteiger partial charge in [0.1, 0.15) is 0 Å². The van der Waals surface area contributed by atoms with Crippen LogP contribution in [0.4, 0.5) is 19.2 Å². The second-order valence-electron chi connectivity index (χ2n) is 20.1. The maximum absolute atomic E-state index is 10.7. The van der Waals surface area contributed by atoms with Crippen LogP contribution in [0.3, 0.4) is 0 Å². The van der Waals surface area contributed by atoms with Crippen LogP contribution in [0.15, 0.2) is 170 Å². The predicted octanol–water partition coefficient (Wildman–Crippen LogP) is 17.3. The number of ether oxygens (including phenoxy) is 4. The van der Waals surface area contributed by atoms with Gasteiger partial charge in [0.15, 0.2) is 0 Å². The first kappa shape index (κ1) is 89.6. The first-order chi connectivity index (χ1) is 47.4. The van der Waals surface area contributed by atoms with Gasteiger partial charge in [-0.3, -0.25) is 19.2 Å². The van der Waals surface area contributed by atoms with Gasteiger partial charge in [-0.1, -0.05) is 99.8 Å². The zero-order valence-corrected chi connectivity index (χ0v) is 64.7. The van der Waals surface area contributed by atoms with Crippen molar-refractivity contribution in [1.82, 2.24) is 39.9 Å². The van der Waals surface area contributed by atoms with Gasteiger partial charge in [0, 0.05) is 19.8 Å². The van der Waals surface area contributed by atoms with Gasteiger partial charge in [-0.25, -0.2) is 44.0 Å². The summed E-state index contributed by atoms with van der Waals surface area (Å²) in [6, 6.07) is 63.4. The Hall–Kier alpha value is -8.62. The summed E-state index contributed by atoms with van der Waals surface area (Å²) < 4.78 is 17.5. The fraction of sp³-hybridized carbons (Fsp3) is 0.0857. The Balaban J connectivity index is 0.000000410. The molecule has 8 aromatic carbocycles. The van der Waals surface area contributed by atoms with E-state index >= 15 is 0 Å². The fourth-order valence-corrected chi connectivity index (χ4v) is 13.6. The molecule has 34 heteroatoms. The minimum absolute atomic E-state index is 0. The molecule has 6 heterocycles. The van der Waals surface area contributed by atoms with Gasteiger partial charge in [0.25, 0.3) is 0 Å². The molecule has 24 nitrogen and oxygen atoms in total. The van der Waals surface area contributed by atoms with Gasteiger partial charge in [-0.2, -0.15) is 34.3 Å². The van der Waals surface area contributed by atoms with Crippen LogP contribution in [-0.2, 0) is 112 Å². The fourth-order valence-electron chi connectivity index (χ4n) is 9.60. The average Bonchev–Trinajstić information content (AvgIpc) is 1.55. The van der Waals surface area contributed by atoms with Crippen molar-refractivity contribution in [2.24, 2.45) is 0 Å². The van der Waals surface area contributed by atoms with Crippen molar-refractivity contribution >= 4 is 192 Å². The summed E-state index contributed by atoms with van der Waals surface area (Å²) in [5.74, 6) is 0. The van der Waals surface area contributed by atoms with E-state index in [-0.39, 0.29) is 123 Å². The van der Waals surface area contributed by atoms with E-state index in [1.54, 1.807) is 35.1 Å². The van der Waals surface area contributed by atoms with Gasteiger partial charge >= 0.3 is 74.2 Å². The minimum atomic E-state index is -0.995. The minimum Gasteiger partial charge on any atom is -0.632 e. The summed E-state index contributed by atoms with van der Waals surface area (Å²) in [7, 11) is 4.30. The van der Waals surface area contributed by atoms with Crippen molar-refractivity contribution in [2.45, 2.75) is 14.9 Å². The van der Waals surface area contributed by atoms with Gasteiger partial charge in [0.2, 0.25) is 24.4 Å². The van der Waals surface area contributed by atoms with E-state index in [0.29, 0.717) is 22.3 Å². The molecule has 0 aliphatic carbocycles. The van der Waals surface area contributed by atoms with E-state index in [0.717, 1.165) is 116 Å². The number of rotatable bonds is 14. The van der Waals surface area contributed by atoms with Crippen molar-refractivity contribution in [3.63, 3.8) is 0 Å². The molecule has 104 heavy (non-hydrogen) atoms. The van der Waals surface area contributed by atoms with Gasteiger partial charge < -0.3 is 81.0 Å². The summed E-state index contributed by atoms with van der Waals surface area (Å²) in [6.07, 6.45) is -0.443. The molecule has 524 valence electrons. The Bertz CT molecular complexity index is 5210. The number of aromatic nitrogens is 8. The number of carbonyl (C=O) groups excluding carboxylic acids is 8. The maximum Gasteiger partial charge on any atom is 2.00 e. The quantitative estimate of drug-likeness (QED) is 0.0446. The van der Waals surface area contributed by atoms with Gasteiger partial charge in [-0.15, -0.1) is 22.7 Å². The number of thiophene rings is 2. The smallest absolute Gasteiger partial charge is 0.632 e. The van der Waals surface area contributed by atoms with E-state index in [1.165, 1.54) is 41.4 Å². The molecule has 0 aliphatic heterocycles. The number of fused-ring (bicyclic) bond motifs is 6. The number of methoxy groups -OCH3 is 4. The van der Waals surface area contributed by atoms with Crippen LogP contribution in [-0.4, -0.2) is 117 Å². The molecule has 0 bridgehead atoms. The van der Waals surface area contributed by atoms with Crippen molar-refractivity contribution < 1.29 is 132 Å². The third-order valence-electron chi connectivity index (χ3n) is 14.1. The predicted molar refractivity (Wildman–Crippen MR) is 410 cm³/mol. The topological polar surface area (TPSA) is 383 Å². The molecule has 8 N–H and O–H groups in total. The van der Waals surface area contributed by atoms with Crippen molar-refractivity contribution in [1.29, 1.82) is 0 Å². The summed E-state index contributed by atoms with van der Waals surface area (Å²) in [5.41, 5.74) is 40.9. The van der Waals surface area contributed by atoms with E-state index in [2.05, 4.69) is 204 Å². The van der Waals surface area contributed by atoms with E-state index in [1.807, 2.05) is 36.2 Å². The second-order valence-corrected chi connectivity index (χ2v) is 26.0. The molecule has 0 saturated carbocycles. The number of benzene rings is 8. The molecule has 0 saturated heterocycles. The zero-order chi connectivity index (χ0) is 69.8. The third-order valence-corrected chi connectivity index (χ3v) is 18.7. The number of H-pyrrole nitrogens is 4. The number of nitrogens with zero attached hydrogens (tertiary/aromatic N) is 4. The van der Waals surface area contributed by atoms with Crippen molar-refractivity contribution in [3.8, 4) is 65.6 Å². The molecular formula is C70H60N12O12P4S2V4. The first-order valence-corrected chi connectivity index (χ1v) is 34.0. The zero-order valence-electron chi connectivity index (χ0n) is 53.5. The molecule has 14 aromatic rings. The Kier molecular flexibility index (Phi) is 37.6. The van der Waals surface area contributed by atoms with Crippen molar-refractivity contribution in [2.75, 3.05) is 28.4 Å². The first-order valence-electron chi connectivity index (χ1n) is 28.4. The van der Waals surface area contributed by atoms with Gasteiger partial charge in [-0.05, 0) is 144 Å². The Morgan fingerprint density at radius 2 is 0.644 bits per heavy atom. The third kappa shape index (κ3) is 24.2. The maximum atomic E-state index is 10.7. The summed E-state index contributed by atoms with van der Waals surface area (Å²) in [6.45, 7) is 0. The largest absolute Gasteiger partial charge is 2.00 e. The van der Waals surface area contributed by atoms with Crippen LogP contribution in [0.2, 0.25) is 0 Å². The molecule has 14 rings (SSSR count). The van der Waals surface area contributed by atoms with Crippen LogP contribution in [0.1, 0.15) is 14.9 Å². The summed E-state index contributed by atoms with van der Waals surface area (Å²) >= 11 is 3.47. The molecular weight excluding hydrogens is 1590 g/mol. The molecule has 0 spiro atoms. The molecule has 0 fully saturated rings. The summed E-state index contributed by atoms with van der Waals surface area (Å²) in [5, 5.41) is 7.02. The van der Waals surface area contributed by atoms with Crippen LogP contribution in [0, 0.1) is 0 Å². The Labute approximate surface area is 659 Å². The number of hydrogen-bond acceptors (Lipinski definition) is 18. The normalized spacial score (nSPS) is 10.3. The van der Waals surface area contributed by atoms with Crippen molar-refractivity contribution in [3.05, 3.63) is 193 Å². The Morgan fingerprint density at radius 1 is 0.356 bits per heavy atom. The Morgan fingerprint density at radius 3 is 1.04 bits per heavy atom. The number of hydrogen-bond donors (Lipinski definition) is 4. The van der Waals surface area contributed by atoms with Crippen LogP contribution in [0.25, 0.3) is 152 Å². The second kappa shape index (κ2) is 43.6. The number of imidazole rings is 4. The van der Waals surface area contributed by atoms with E-state index in [9.17, 15) is 38.4 Å². The number of aromatic amines is 4. The number of nitrogens with one attached hydrogen (secondary N) is 8. The molecule has 4 atom stereocenters. The van der Waals surface area contributed by atoms with Crippen LogP contribution >= 0.6 is 57.0 Å². The monoisotopic (exact) mass is 1650 g/mol. The van der Waals surface area contributed by atoms with Crippen LogP contribution in [0.5, 0.6) is 0 Å². The van der Waals surface area contributed by atoms with Gasteiger partial charge in [0.05, 0.1) is 101 Å². The molecule has 4 amide bonds. The molecule has 0 aliphatic rings.